The molecule has 0 bridgehead atoms. The fourth-order valence-electron chi connectivity index (χ4n) is 2.73. The lowest BCUT2D eigenvalue weighted by Crippen LogP contribution is -2.46. The van der Waals surface area contributed by atoms with Gasteiger partial charge < -0.3 is 15.0 Å². The van der Waals surface area contributed by atoms with E-state index in [-0.39, 0.29) is 18.0 Å². The number of rotatable bonds is 5. The maximum Gasteiger partial charge on any atom is 0.409 e. The number of amides is 2. The number of nitrogens with zero attached hydrogens (tertiary/aromatic N) is 1. The van der Waals surface area contributed by atoms with Gasteiger partial charge in [-0.1, -0.05) is 29.8 Å². The first-order chi connectivity index (χ1) is 11.1. The van der Waals surface area contributed by atoms with Crippen LogP contribution in [0.4, 0.5) is 4.79 Å². The van der Waals surface area contributed by atoms with Crippen LogP contribution in [0.2, 0.25) is 0 Å². The van der Waals surface area contributed by atoms with Crippen molar-refractivity contribution in [3.05, 3.63) is 35.4 Å². The molecule has 1 N–H and O–H groups in total. The Morgan fingerprint density at radius 1 is 1.22 bits per heavy atom. The number of carbonyl (C=O) groups excluding carboxylic acids is 2. The summed E-state index contributed by atoms with van der Waals surface area (Å²) in [6.45, 7) is 5.54. The van der Waals surface area contributed by atoms with E-state index in [4.69, 9.17) is 4.74 Å². The largest absolute Gasteiger partial charge is 0.450 e. The van der Waals surface area contributed by atoms with Gasteiger partial charge in [0.05, 0.1) is 6.61 Å². The smallest absolute Gasteiger partial charge is 0.409 e. The second-order valence-corrected chi connectivity index (χ2v) is 6.01. The van der Waals surface area contributed by atoms with Gasteiger partial charge in [0.15, 0.2) is 0 Å². The molecular formula is C18H26N2O3. The number of piperidine rings is 1. The lowest BCUT2D eigenvalue weighted by molar-refractivity contribution is -0.122. The first-order valence-corrected chi connectivity index (χ1v) is 8.35. The van der Waals surface area contributed by atoms with Crippen LogP contribution in [-0.2, 0) is 16.0 Å². The SMILES string of the molecule is CCOC(=O)N1CCC(NC(=O)CCc2ccc(C)cc2)CC1. The summed E-state index contributed by atoms with van der Waals surface area (Å²) in [5.74, 6) is 0.0835. The van der Waals surface area contributed by atoms with Crippen LogP contribution in [0.5, 0.6) is 0 Å². The highest BCUT2D eigenvalue weighted by Crippen LogP contribution is 2.12. The molecule has 1 fully saturated rings. The minimum absolute atomic E-state index is 0.0835. The summed E-state index contributed by atoms with van der Waals surface area (Å²) in [6.07, 6.45) is 2.58. The number of hydrogen-bond acceptors (Lipinski definition) is 3. The highest BCUT2D eigenvalue weighted by Gasteiger charge is 2.24. The summed E-state index contributed by atoms with van der Waals surface area (Å²) >= 11 is 0. The van der Waals surface area contributed by atoms with Crippen molar-refractivity contribution in [3.8, 4) is 0 Å². The van der Waals surface area contributed by atoms with E-state index in [2.05, 4.69) is 36.5 Å². The lowest BCUT2D eigenvalue weighted by Gasteiger charge is -2.31. The molecule has 1 aromatic carbocycles. The molecule has 5 nitrogen and oxygen atoms in total. The third kappa shape index (κ3) is 5.58. The summed E-state index contributed by atoms with van der Waals surface area (Å²) in [6, 6.07) is 8.43. The zero-order valence-electron chi connectivity index (χ0n) is 14.0. The van der Waals surface area contributed by atoms with E-state index in [1.807, 2.05) is 0 Å². The normalized spacial score (nSPS) is 15.3. The maximum absolute atomic E-state index is 12.1. The molecule has 1 heterocycles. The summed E-state index contributed by atoms with van der Waals surface area (Å²) in [7, 11) is 0. The standard InChI is InChI=1S/C18H26N2O3/c1-3-23-18(22)20-12-10-16(11-13-20)19-17(21)9-8-15-6-4-14(2)5-7-15/h4-7,16H,3,8-13H2,1-2H3,(H,19,21). The number of nitrogens with one attached hydrogen (secondary N) is 1. The van der Waals surface area contributed by atoms with Crippen LogP contribution < -0.4 is 5.32 Å². The average Bonchev–Trinajstić information content (AvgIpc) is 2.55. The molecule has 0 spiro atoms. The Morgan fingerprint density at radius 2 is 1.87 bits per heavy atom. The molecule has 1 aliphatic heterocycles. The number of benzene rings is 1. The molecule has 1 aliphatic rings. The van der Waals surface area contributed by atoms with Crippen LogP contribution >= 0.6 is 0 Å². The number of carbonyl (C=O) groups is 2. The quantitative estimate of drug-likeness (QED) is 0.908. The molecule has 2 amide bonds. The first-order valence-electron chi connectivity index (χ1n) is 8.35. The number of ether oxygens (including phenoxy) is 1. The van der Waals surface area contributed by atoms with Gasteiger partial charge >= 0.3 is 6.09 Å². The van der Waals surface area contributed by atoms with Gasteiger partial charge in [0.1, 0.15) is 0 Å². The zero-order valence-corrected chi connectivity index (χ0v) is 14.0. The van der Waals surface area contributed by atoms with E-state index in [1.54, 1.807) is 11.8 Å². The number of aryl methyl sites for hydroxylation is 2. The van der Waals surface area contributed by atoms with Gasteiger partial charge in [0.2, 0.25) is 5.91 Å². The Morgan fingerprint density at radius 3 is 2.48 bits per heavy atom. The maximum atomic E-state index is 12.1. The van der Waals surface area contributed by atoms with Crippen LogP contribution in [0.3, 0.4) is 0 Å². The van der Waals surface area contributed by atoms with Crippen molar-refractivity contribution >= 4 is 12.0 Å². The molecular weight excluding hydrogens is 292 g/mol. The minimum Gasteiger partial charge on any atom is -0.450 e. The second kappa shape index (κ2) is 8.56. The van der Waals surface area contributed by atoms with Gasteiger partial charge in [-0.15, -0.1) is 0 Å². The van der Waals surface area contributed by atoms with Gasteiger partial charge in [-0.2, -0.15) is 0 Å². The summed E-state index contributed by atoms with van der Waals surface area (Å²) in [5, 5.41) is 3.07. The van der Waals surface area contributed by atoms with Crippen molar-refractivity contribution in [1.29, 1.82) is 0 Å². The van der Waals surface area contributed by atoms with Crippen molar-refractivity contribution in [1.82, 2.24) is 10.2 Å². The molecule has 0 atom stereocenters. The number of likely N-dealkylation sites (tertiary alicyclic amines) is 1. The van der Waals surface area contributed by atoms with Crippen molar-refractivity contribution in [3.63, 3.8) is 0 Å². The Bertz CT molecular complexity index is 520. The van der Waals surface area contributed by atoms with Gasteiger partial charge in [0.25, 0.3) is 0 Å². The molecule has 0 unspecified atom stereocenters. The van der Waals surface area contributed by atoms with Crippen molar-refractivity contribution in [2.75, 3.05) is 19.7 Å². The van der Waals surface area contributed by atoms with E-state index in [1.165, 1.54) is 11.1 Å². The fraction of sp³-hybridized carbons (Fsp3) is 0.556. The van der Waals surface area contributed by atoms with E-state index in [9.17, 15) is 9.59 Å². The molecule has 0 radical (unpaired) electrons. The molecule has 1 saturated heterocycles. The number of hydrogen-bond donors (Lipinski definition) is 1. The van der Waals surface area contributed by atoms with Crippen molar-refractivity contribution in [2.24, 2.45) is 0 Å². The van der Waals surface area contributed by atoms with Crippen LogP contribution in [0.1, 0.15) is 37.3 Å². The third-order valence-electron chi connectivity index (χ3n) is 4.15. The second-order valence-electron chi connectivity index (χ2n) is 6.01. The van der Waals surface area contributed by atoms with E-state index in [0.29, 0.717) is 26.1 Å². The monoisotopic (exact) mass is 318 g/mol. The van der Waals surface area contributed by atoms with Crippen LogP contribution in [0.15, 0.2) is 24.3 Å². The van der Waals surface area contributed by atoms with Gasteiger partial charge in [-0.3, -0.25) is 4.79 Å². The Labute approximate surface area is 138 Å². The highest BCUT2D eigenvalue weighted by molar-refractivity contribution is 5.76. The predicted molar refractivity (Wildman–Crippen MR) is 89.3 cm³/mol. The molecule has 0 saturated carbocycles. The van der Waals surface area contributed by atoms with Gasteiger partial charge in [-0.25, -0.2) is 4.79 Å². The molecule has 5 heteroatoms. The zero-order chi connectivity index (χ0) is 16.7. The predicted octanol–water partition coefficient (Wildman–Crippen LogP) is 2.66. The van der Waals surface area contributed by atoms with Crippen LogP contribution in [-0.4, -0.2) is 42.6 Å². The van der Waals surface area contributed by atoms with Crippen LogP contribution in [0, 0.1) is 6.92 Å². The van der Waals surface area contributed by atoms with Gasteiger partial charge in [-0.05, 0) is 38.7 Å². The molecule has 0 aromatic heterocycles. The Kier molecular flexibility index (Phi) is 6.44. The lowest BCUT2D eigenvalue weighted by atomic mass is 10.0. The Balaban J connectivity index is 1.68. The third-order valence-corrected chi connectivity index (χ3v) is 4.15. The Hall–Kier alpha value is -2.04. The fourth-order valence-corrected chi connectivity index (χ4v) is 2.73. The molecule has 1 aromatic rings. The molecule has 2 rings (SSSR count). The summed E-state index contributed by atoms with van der Waals surface area (Å²) in [4.78, 5) is 25.4. The van der Waals surface area contributed by atoms with Crippen molar-refractivity contribution < 1.29 is 14.3 Å². The first kappa shape index (κ1) is 17.3. The van der Waals surface area contributed by atoms with Crippen molar-refractivity contribution in [2.45, 2.75) is 45.6 Å². The van der Waals surface area contributed by atoms with E-state index in [0.717, 1.165) is 19.3 Å². The highest BCUT2D eigenvalue weighted by atomic mass is 16.6. The van der Waals surface area contributed by atoms with E-state index >= 15 is 0 Å². The summed E-state index contributed by atoms with van der Waals surface area (Å²) in [5.41, 5.74) is 2.41. The summed E-state index contributed by atoms with van der Waals surface area (Å²) < 4.78 is 4.99. The van der Waals surface area contributed by atoms with Gasteiger partial charge in [0, 0.05) is 25.6 Å². The molecule has 126 valence electrons. The molecule has 23 heavy (non-hydrogen) atoms. The van der Waals surface area contributed by atoms with Crippen LogP contribution in [0.25, 0.3) is 0 Å². The molecule has 0 aliphatic carbocycles. The average molecular weight is 318 g/mol. The topological polar surface area (TPSA) is 58.6 Å². The van der Waals surface area contributed by atoms with E-state index < -0.39 is 0 Å². The minimum atomic E-state index is -0.253.